The predicted octanol–water partition coefficient (Wildman–Crippen LogP) is 4.70. The molecule has 30 heavy (non-hydrogen) atoms. The van der Waals surface area contributed by atoms with E-state index < -0.39 is 0 Å². The van der Waals surface area contributed by atoms with Crippen LogP contribution in [0.3, 0.4) is 0 Å². The lowest BCUT2D eigenvalue weighted by Gasteiger charge is -2.17. The van der Waals surface area contributed by atoms with Gasteiger partial charge in [0.25, 0.3) is 0 Å². The van der Waals surface area contributed by atoms with Crippen molar-refractivity contribution in [1.29, 1.82) is 0 Å². The van der Waals surface area contributed by atoms with Gasteiger partial charge in [-0.1, -0.05) is 35.3 Å². The largest absolute Gasteiger partial charge is 0.493 e. The zero-order valence-corrected chi connectivity index (χ0v) is 19.1. The van der Waals surface area contributed by atoms with Gasteiger partial charge in [-0.3, -0.25) is 4.79 Å². The standard InChI is InChI=1S/C23H28Cl2N2O3/c1-27(14-11-18-6-9-21(29-2)22(16-18)30-3)13-4-12-26-23(28)10-7-17-5-8-19(24)20(25)15-17/h5-10,15-16H,4,11-14H2,1-3H3,(H,26,28). The summed E-state index contributed by atoms with van der Waals surface area (Å²) in [5, 5.41) is 3.86. The maximum atomic E-state index is 11.9. The number of hydrogen-bond acceptors (Lipinski definition) is 4. The summed E-state index contributed by atoms with van der Waals surface area (Å²) < 4.78 is 10.6. The van der Waals surface area contributed by atoms with Crippen molar-refractivity contribution in [3.8, 4) is 11.5 Å². The van der Waals surface area contributed by atoms with Gasteiger partial charge in [-0.2, -0.15) is 0 Å². The van der Waals surface area contributed by atoms with Crippen LogP contribution in [0.25, 0.3) is 6.08 Å². The Kier molecular flexibility index (Phi) is 10.0. The van der Waals surface area contributed by atoms with Crippen molar-refractivity contribution in [3.63, 3.8) is 0 Å². The number of hydrogen-bond donors (Lipinski definition) is 1. The summed E-state index contributed by atoms with van der Waals surface area (Å²) in [7, 11) is 5.35. The van der Waals surface area contributed by atoms with Crippen LogP contribution in [0, 0.1) is 0 Å². The average Bonchev–Trinajstić information content (AvgIpc) is 2.75. The van der Waals surface area contributed by atoms with Crippen molar-refractivity contribution in [2.75, 3.05) is 40.9 Å². The molecule has 2 aromatic carbocycles. The molecule has 0 fully saturated rings. The van der Waals surface area contributed by atoms with E-state index in [1.54, 1.807) is 32.4 Å². The molecule has 2 rings (SSSR count). The number of carbonyl (C=O) groups excluding carboxylic acids is 1. The van der Waals surface area contributed by atoms with Gasteiger partial charge in [0.2, 0.25) is 5.91 Å². The molecule has 0 heterocycles. The van der Waals surface area contributed by atoms with Crippen LogP contribution < -0.4 is 14.8 Å². The minimum absolute atomic E-state index is 0.131. The third-order valence-electron chi connectivity index (χ3n) is 4.62. The molecule has 162 valence electrons. The number of nitrogens with zero attached hydrogens (tertiary/aromatic N) is 1. The molecule has 0 unspecified atom stereocenters. The molecule has 0 aliphatic carbocycles. The summed E-state index contributed by atoms with van der Waals surface area (Å²) in [6, 6.07) is 11.2. The quantitative estimate of drug-likeness (QED) is 0.397. The molecule has 5 nitrogen and oxygen atoms in total. The molecule has 0 bridgehead atoms. The highest BCUT2D eigenvalue weighted by Crippen LogP contribution is 2.27. The van der Waals surface area contributed by atoms with E-state index in [1.807, 2.05) is 18.2 Å². The normalized spacial score (nSPS) is 11.1. The van der Waals surface area contributed by atoms with E-state index in [2.05, 4.69) is 23.3 Å². The van der Waals surface area contributed by atoms with Crippen LogP contribution >= 0.6 is 23.2 Å². The van der Waals surface area contributed by atoms with Gasteiger partial charge in [-0.15, -0.1) is 0 Å². The Morgan fingerprint density at radius 3 is 2.50 bits per heavy atom. The number of halogens is 2. The van der Waals surface area contributed by atoms with Gasteiger partial charge in [0, 0.05) is 19.2 Å². The van der Waals surface area contributed by atoms with Crippen LogP contribution in [0.5, 0.6) is 11.5 Å². The summed E-state index contributed by atoms with van der Waals surface area (Å²) in [6.45, 7) is 2.43. The predicted molar refractivity (Wildman–Crippen MR) is 124 cm³/mol. The van der Waals surface area contributed by atoms with Gasteiger partial charge in [0.15, 0.2) is 11.5 Å². The van der Waals surface area contributed by atoms with Crippen molar-refractivity contribution >= 4 is 35.2 Å². The fourth-order valence-corrected chi connectivity index (χ4v) is 3.18. The molecule has 0 saturated carbocycles. The van der Waals surface area contributed by atoms with Crippen molar-refractivity contribution in [2.45, 2.75) is 12.8 Å². The molecule has 7 heteroatoms. The molecule has 0 saturated heterocycles. The Bertz CT molecular complexity index is 872. The molecular weight excluding hydrogens is 423 g/mol. The minimum Gasteiger partial charge on any atom is -0.493 e. The SMILES string of the molecule is COc1ccc(CCN(C)CCCNC(=O)C=Cc2ccc(Cl)c(Cl)c2)cc1OC. The Labute approximate surface area is 188 Å². The maximum Gasteiger partial charge on any atom is 0.243 e. The number of amides is 1. The third-order valence-corrected chi connectivity index (χ3v) is 5.36. The van der Waals surface area contributed by atoms with Gasteiger partial charge >= 0.3 is 0 Å². The van der Waals surface area contributed by atoms with E-state index in [0.29, 0.717) is 16.6 Å². The van der Waals surface area contributed by atoms with E-state index >= 15 is 0 Å². The molecule has 0 spiro atoms. The number of rotatable bonds is 11. The second-order valence-corrected chi connectivity index (χ2v) is 7.71. The molecule has 2 aromatic rings. The zero-order valence-electron chi connectivity index (χ0n) is 17.6. The highest BCUT2D eigenvalue weighted by atomic mass is 35.5. The molecule has 0 aliphatic heterocycles. The number of nitrogens with one attached hydrogen (secondary N) is 1. The third kappa shape index (κ3) is 7.90. The van der Waals surface area contributed by atoms with Crippen LogP contribution in [0.15, 0.2) is 42.5 Å². The van der Waals surface area contributed by atoms with Gasteiger partial charge in [-0.05, 0) is 67.9 Å². The van der Waals surface area contributed by atoms with Gasteiger partial charge in [0.1, 0.15) is 0 Å². The van der Waals surface area contributed by atoms with Crippen LogP contribution in [0.2, 0.25) is 10.0 Å². The lowest BCUT2D eigenvalue weighted by Crippen LogP contribution is -2.28. The first kappa shape index (κ1) is 24.1. The van der Waals surface area contributed by atoms with Gasteiger partial charge < -0.3 is 19.7 Å². The lowest BCUT2D eigenvalue weighted by molar-refractivity contribution is -0.116. The van der Waals surface area contributed by atoms with Crippen LogP contribution in [-0.2, 0) is 11.2 Å². The molecule has 0 atom stereocenters. The number of benzene rings is 2. The smallest absolute Gasteiger partial charge is 0.243 e. The summed E-state index contributed by atoms with van der Waals surface area (Å²) in [5.41, 5.74) is 2.02. The summed E-state index contributed by atoms with van der Waals surface area (Å²) in [6.07, 6.45) is 5.00. The van der Waals surface area contributed by atoms with E-state index in [9.17, 15) is 4.79 Å². The number of methoxy groups -OCH3 is 2. The summed E-state index contributed by atoms with van der Waals surface area (Å²) >= 11 is 11.9. The highest BCUT2D eigenvalue weighted by Gasteiger charge is 2.06. The molecule has 0 aliphatic rings. The Morgan fingerprint density at radius 1 is 1.03 bits per heavy atom. The first-order valence-electron chi connectivity index (χ1n) is 9.73. The second-order valence-electron chi connectivity index (χ2n) is 6.89. The van der Waals surface area contributed by atoms with E-state index in [0.717, 1.165) is 43.0 Å². The number of likely N-dealkylation sites (N-methyl/N-ethyl adjacent to an activating group) is 1. The van der Waals surface area contributed by atoms with E-state index in [4.69, 9.17) is 32.7 Å². The van der Waals surface area contributed by atoms with E-state index in [1.165, 1.54) is 11.6 Å². The maximum absolute atomic E-state index is 11.9. The van der Waals surface area contributed by atoms with Gasteiger partial charge in [-0.25, -0.2) is 0 Å². The topological polar surface area (TPSA) is 50.8 Å². The molecule has 1 amide bonds. The van der Waals surface area contributed by atoms with Crippen molar-refractivity contribution in [3.05, 3.63) is 63.6 Å². The number of ether oxygens (including phenoxy) is 2. The first-order valence-corrected chi connectivity index (χ1v) is 10.5. The lowest BCUT2D eigenvalue weighted by atomic mass is 10.1. The van der Waals surface area contributed by atoms with E-state index in [-0.39, 0.29) is 5.91 Å². The molecule has 1 N–H and O–H groups in total. The average molecular weight is 451 g/mol. The second kappa shape index (κ2) is 12.5. The Morgan fingerprint density at radius 2 is 1.80 bits per heavy atom. The monoisotopic (exact) mass is 450 g/mol. The molecule has 0 radical (unpaired) electrons. The fraction of sp³-hybridized carbons (Fsp3) is 0.348. The van der Waals surface area contributed by atoms with Crippen molar-refractivity contribution in [2.24, 2.45) is 0 Å². The highest BCUT2D eigenvalue weighted by molar-refractivity contribution is 6.42. The molecule has 0 aromatic heterocycles. The number of carbonyl (C=O) groups is 1. The molecular formula is C23H28Cl2N2O3. The Balaban J connectivity index is 1.66. The summed E-state index contributed by atoms with van der Waals surface area (Å²) in [4.78, 5) is 14.2. The van der Waals surface area contributed by atoms with Crippen molar-refractivity contribution < 1.29 is 14.3 Å². The minimum atomic E-state index is -0.131. The van der Waals surface area contributed by atoms with Gasteiger partial charge in [0.05, 0.1) is 24.3 Å². The zero-order chi connectivity index (χ0) is 21.9. The Hall–Kier alpha value is -2.21. The van der Waals surface area contributed by atoms with Crippen LogP contribution in [-0.4, -0.2) is 51.7 Å². The van der Waals surface area contributed by atoms with Crippen LogP contribution in [0.1, 0.15) is 17.5 Å². The van der Waals surface area contributed by atoms with Crippen LogP contribution in [0.4, 0.5) is 0 Å². The fourth-order valence-electron chi connectivity index (χ4n) is 2.88. The first-order chi connectivity index (χ1) is 14.4. The van der Waals surface area contributed by atoms with Crippen molar-refractivity contribution in [1.82, 2.24) is 10.2 Å². The summed E-state index contributed by atoms with van der Waals surface area (Å²) in [5.74, 6) is 1.35.